The van der Waals surface area contributed by atoms with Gasteiger partial charge in [-0.1, -0.05) is 43.7 Å². The summed E-state index contributed by atoms with van der Waals surface area (Å²) in [6, 6.07) is 7.75. The van der Waals surface area contributed by atoms with E-state index in [9.17, 15) is 4.79 Å². The maximum absolute atomic E-state index is 11.9. The fourth-order valence-electron chi connectivity index (χ4n) is 2.29. The molecule has 1 amide bonds. The normalized spacial score (nSPS) is 11.0. The van der Waals surface area contributed by atoms with Crippen LogP contribution in [0.4, 0.5) is 5.69 Å². The summed E-state index contributed by atoms with van der Waals surface area (Å²) in [4.78, 5) is 12.6. The molecule has 0 bridgehead atoms. The molecule has 120 valence electrons. The molecule has 0 aliphatic rings. The molecule has 0 fully saturated rings. The Hall–Kier alpha value is -2.28. The van der Waals surface area contributed by atoms with E-state index < -0.39 is 0 Å². The van der Waals surface area contributed by atoms with E-state index in [4.69, 9.17) is 0 Å². The minimum Gasteiger partial charge on any atom is -0.326 e. The summed E-state index contributed by atoms with van der Waals surface area (Å²) in [5.41, 5.74) is 1.76. The number of carbonyl (C=O) groups excluding carboxylic acids is 1. The number of unbranched alkanes of at least 4 members (excludes halogenated alkanes) is 1. The second kappa shape index (κ2) is 6.87. The lowest BCUT2D eigenvalue weighted by Gasteiger charge is -2.05. The molecule has 0 spiro atoms. The van der Waals surface area contributed by atoms with Crippen molar-refractivity contribution in [3.63, 3.8) is 0 Å². The second-order valence-corrected chi connectivity index (χ2v) is 6.26. The van der Waals surface area contributed by atoms with Crippen LogP contribution in [0.5, 0.6) is 0 Å². The highest BCUT2D eigenvalue weighted by Crippen LogP contribution is 2.27. The van der Waals surface area contributed by atoms with Crippen LogP contribution in [0, 0.1) is 0 Å². The first-order valence-corrected chi connectivity index (χ1v) is 8.64. The van der Waals surface area contributed by atoms with Gasteiger partial charge in [0.1, 0.15) is 5.01 Å². The Bertz CT molecular complexity index is 823. The van der Waals surface area contributed by atoms with Crippen LogP contribution in [-0.4, -0.2) is 25.7 Å². The molecule has 0 unspecified atom stereocenters. The van der Waals surface area contributed by atoms with E-state index in [0.717, 1.165) is 46.3 Å². The number of rotatable bonds is 6. The lowest BCUT2D eigenvalue weighted by atomic mass is 10.2. The third kappa shape index (κ3) is 3.39. The number of aryl methyl sites for hydroxylation is 1. The van der Waals surface area contributed by atoms with Gasteiger partial charge in [0.05, 0.1) is 0 Å². The highest BCUT2D eigenvalue weighted by atomic mass is 32.1. The molecule has 1 N–H and O–H groups in total. The molecule has 2 aromatic heterocycles. The second-order valence-electron chi connectivity index (χ2n) is 5.30. The Morgan fingerprint density at radius 2 is 2.17 bits per heavy atom. The van der Waals surface area contributed by atoms with E-state index in [1.165, 1.54) is 11.3 Å². The molecule has 23 heavy (non-hydrogen) atoms. The minimum absolute atomic E-state index is 0.0513. The van der Waals surface area contributed by atoms with Gasteiger partial charge in [-0.25, -0.2) is 0 Å². The lowest BCUT2D eigenvalue weighted by Crippen LogP contribution is -2.10. The van der Waals surface area contributed by atoms with Gasteiger partial charge in [0, 0.05) is 24.1 Å². The molecule has 6 nitrogen and oxygen atoms in total. The van der Waals surface area contributed by atoms with Crippen LogP contribution in [0.1, 0.15) is 38.9 Å². The van der Waals surface area contributed by atoms with Gasteiger partial charge in [-0.05, 0) is 18.6 Å². The lowest BCUT2D eigenvalue weighted by molar-refractivity contribution is -0.116. The van der Waals surface area contributed by atoms with Gasteiger partial charge < -0.3 is 5.32 Å². The monoisotopic (exact) mass is 329 g/mol. The number of carbonyl (C=O) groups is 1. The van der Waals surface area contributed by atoms with Crippen molar-refractivity contribution in [3.8, 4) is 10.6 Å². The predicted octanol–water partition coefficient (Wildman–Crippen LogP) is 3.54. The average Bonchev–Trinajstić information content (AvgIpc) is 3.13. The first-order valence-electron chi connectivity index (χ1n) is 7.82. The van der Waals surface area contributed by atoms with Crippen molar-refractivity contribution >= 4 is 27.9 Å². The number of nitrogens with zero attached hydrogens (tertiary/aromatic N) is 4. The number of hydrogen-bond donors (Lipinski definition) is 1. The number of aromatic nitrogens is 4. The predicted molar refractivity (Wildman–Crippen MR) is 91.6 cm³/mol. The maximum atomic E-state index is 11.9. The summed E-state index contributed by atoms with van der Waals surface area (Å²) in [6.07, 6.45) is 3.26. The summed E-state index contributed by atoms with van der Waals surface area (Å²) >= 11 is 1.49. The quantitative estimate of drug-likeness (QED) is 0.751. The van der Waals surface area contributed by atoms with Crippen LogP contribution in [0.3, 0.4) is 0 Å². The van der Waals surface area contributed by atoms with E-state index in [2.05, 4.69) is 27.5 Å². The largest absolute Gasteiger partial charge is 0.326 e. The van der Waals surface area contributed by atoms with E-state index in [1.807, 2.05) is 31.2 Å². The van der Waals surface area contributed by atoms with Crippen LogP contribution >= 0.6 is 11.3 Å². The summed E-state index contributed by atoms with van der Waals surface area (Å²) in [6.45, 7) is 4.11. The summed E-state index contributed by atoms with van der Waals surface area (Å²) in [5, 5.41) is 16.6. The average molecular weight is 329 g/mol. The topological polar surface area (TPSA) is 72.2 Å². The van der Waals surface area contributed by atoms with E-state index >= 15 is 0 Å². The molecular weight excluding hydrogens is 310 g/mol. The molecule has 7 heteroatoms. The van der Waals surface area contributed by atoms with Crippen molar-refractivity contribution in [1.82, 2.24) is 19.8 Å². The van der Waals surface area contributed by atoms with Crippen molar-refractivity contribution in [1.29, 1.82) is 0 Å². The SMILES string of the molecule is CCCCC(=O)Nc1cccc(-c2nn3c(CC)nnc3s2)c1. The van der Waals surface area contributed by atoms with Crippen LogP contribution in [0.2, 0.25) is 0 Å². The Kier molecular flexibility index (Phi) is 4.66. The van der Waals surface area contributed by atoms with Crippen molar-refractivity contribution < 1.29 is 4.79 Å². The molecule has 0 aliphatic carbocycles. The third-order valence-corrected chi connectivity index (χ3v) is 4.47. The number of hydrogen-bond acceptors (Lipinski definition) is 5. The van der Waals surface area contributed by atoms with E-state index in [1.54, 1.807) is 4.52 Å². The Labute approximate surface area is 138 Å². The number of anilines is 1. The molecule has 1 aromatic carbocycles. The van der Waals surface area contributed by atoms with Gasteiger partial charge in [-0.3, -0.25) is 4.79 Å². The highest BCUT2D eigenvalue weighted by molar-refractivity contribution is 7.19. The maximum Gasteiger partial charge on any atom is 0.234 e. The Morgan fingerprint density at radius 3 is 2.96 bits per heavy atom. The number of fused-ring (bicyclic) bond motifs is 1. The molecule has 3 rings (SSSR count). The molecule has 0 saturated carbocycles. The van der Waals surface area contributed by atoms with Gasteiger partial charge in [0.15, 0.2) is 5.82 Å². The number of nitrogens with one attached hydrogen (secondary N) is 1. The van der Waals surface area contributed by atoms with Crippen LogP contribution in [0.15, 0.2) is 24.3 Å². The zero-order valence-electron chi connectivity index (χ0n) is 13.2. The van der Waals surface area contributed by atoms with E-state index in [0.29, 0.717) is 6.42 Å². The zero-order valence-corrected chi connectivity index (χ0v) is 14.1. The number of amides is 1. The van der Waals surface area contributed by atoms with Gasteiger partial charge >= 0.3 is 0 Å². The fraction of sp³-hybridized carbons (Fsp3) is 0.375. The zero-order chi connectivity index (χ0) is 16.2. The van der Waals surface area contributed by atoms with Crippen molar-refractivity contribution in [2.24, 2.45) is 0 Å². The molecule has 0 radical (unpaired) electrons. The molecule has 2 heterocycles. The standard InChI is InChI=1S/C16H19N5OS/c1-3-5-9-14(22)17-12-8-6-7-11(10-12)15-20-21-13(4-2)18-19-16(21)23-15/h6-8,10H,3-5,9H2,1-2H3,(H,17,22). The third-order valence-electron chi connectivity index (χ3n) is 3.52. The summed E-state index contributed by atoms with van der Waals surface area (Å²) in [7, 11) is 0. The highest BCUT2D eigenvalue weighted by Gasteiger charge is 2.12. The molecule has 0 aliphatic heterocycles. The molecule has 3 aromatic rings. The van der Waals surface area contributed by atoms with Gasteiger partial charge in [-0.2, -0.15) is 9.61 Å². The van der Waals surface area contributed by atoms with Gasteiger partial charge in [0.2, 0.25) is 10.9 Å². The van der Waals surface area contributed by atoms with Gasteiger partial charge in [0.25, 0.3) is 0 Å². The van der Waals surface area contributed by atoms with Crippen molar-refractivity contribution in [3.05, 3.63) is 30.1 Å². The minimum atomic E-state index is 0.0513. The fourth-order valence-corrected chi connectivity index (χ4v) is 3.14. The van der Waals surface area contributed by atoms with Crippen LogP contribution in [-0.2, 0) is 11.2 Å². The van der Waals surface area contributed by atoms with Crippen molar-refractivity contribution in [2.75, 3.05) is 5.32 Å². The van der Waals surface area contributed by atoms with Crippen LogP contribution in [0.25, 0.3) is 15.5 Å². The van der Waals surface area contributed by atoms with E-state index in [-0.39, 0.29) is 5.91 Å². The first kappa shape index (κ1) is 15.6. The van der Waals surface area contributed by atoms with Gasteiger partial charge in [-0.15, -0.1) is 10.2 Å². The summed E-state index contributed by atoms with van der Waals surface area (Å²) in [5.74, 6) is 0.905. The molecular formula is C16H19N5OS. The van der Waals surface area contributed by atoms with Crippen LogP contribution < -0.4 is 5.32 Å². The molecule has 0 saturated heterocycles. The Balaban J connectivity index is 1.83. The summed E-state index contributed by atoms with van der Waals surface area (Å²) < 4.78 is 1.78. The Morgan fingerprint density at radius 1 is 1.30 bits per heavy atom. The number of benzene rings is 1. The van der Waals surface area contributed by atoms with Crippen molar-refractivity contribution in [2.45, 2.75) is 39.5 Å². The smallest absolute Gasteiger partial charge is 0.234 e. The first-order chi connectivity index (χ1) is 11.2. The molecule has 0 atom stereocenters.